The number of rotatable bonds is 6. The average Bonchev–Trinajstić information content (AvgIpc) is 2.19. The minimum atomic E-state index is -0.577. The Balaban J connectivity index is 4.29. The predicted molar refractivity (Wildman–Crippen MR) is 65.1 cm³/mol. The van der Waals surface area contributed by atoms with E-state index in [2.05, 4.69) is 10.6 Å². The van der Waals surface area contributed by atoms with Gasteiger partial charge in [-0.05, 0) is 34.1 Å². The lowest BCUT2D eigenvalue weighted by Crippen LogP contribution is -2.55. The van der Waals surface area contributed by atoms with Crippen molar-refractivity contribution in [2.24, 2.45) is 0 Å². The van der Waals surface area contributed by atoms with Crippen molar-refractivity contribution in [2.75, 3.05) is 19.9 Å². The molecule has 1 amide bonds. The number of carbonyl (C=O) groups excluding carboxylic acids is 1. The molecule has 0 heterocycles. The minimum Gasteiger partial charge on any atom is -0.395 e. The Labute approximate surface area is 96.2 Å². The normalized spacial score (nSPS) is 15.9. The van der Waals surface area contributed by atoms with Crippen LogP contribution in [0, 0.1) is 0 Å². The first kappa shape index (κ1) is 14.7. The number of hydrogen-bond donors (Lipinski definition) is 3. The van der Waals surface area contributed by atoms with E-state index in [9.17, 15) is 4.79 Å². The fourth-order valence-corrected chi connectivity index (χ4v) is 1.66. The third-order valence-corrected chi connectivity index (χ3v) is 3.75. The fraction of sp³-hybridized carbons (Fsp3) is 0.900. The van der Waals surface area contributed by atoms with E-state index in [1.165, 1.54) is 0 Å². The topological polar surface area (TPSA) is 61.4 Å². The van der Waals surface area contributed by atoms with Crippen LogP contribution in [0.25, 0.3) is 0 Å². The molecule has 2 atom stereocenters. The molecule has 0 aromatic rings. The van der Waals surface area contributed by atoms with Gasteiger partial charge in [0.2, 0.25) is 5.91 Å². The summed E-state index contributed by atoms with van der Waals surface area (Å²) in [7, 11) is 1.75. The molecule has 0 aliphatic heterocycles. The van der Waals surface area contributed by atoms with E-state index < -0.39 is 5.54 Å². The summed E-state index contributed by atoms with van der Waals surface area (Å²) < 4.78 is 0. The Morgan fingerprint density at radius 3 is 2.40 bits per heavy atom. The molecular weight excluding hydrogens is 212 g/mol. The standard InChI is InChI=1S/C10H22N2O2S/c1-7(8(6-13)15-5)12-9(14)10(2,3)11-4/h7-8,11,13H,6H2,1-5H3,(H,12,14). The summed E-state index contributed by atoms with van der Waals surface area (Å²) in [5.41, 5.74) is -0.577. The summed E-state index contributed by atoms with van der Waals surface area (Å²) in [5.74, 6) is -0.0509. The highest BCUT2D eigenvalue weighted by Crippen LogP contribution is 2.11. The number of nitrogens with one attached hydrogen (secondary N) is 2. The molecule has 5 heteroatoms. The van der Waals surface area contributed by atoms with Gasteiger partial charge in [-0.15, -0.1) is 0 Å². The Morgan fingerprint density at radius 1 is 1.53 bits per heavy atom. The molecule has 3 N–H and O–H groups in total. The Hall–Kier alpha value is -0.260. The third kappa shape index (κ3) is 4.40. The number of amides is 1. The van der Waals surface area contributed by atoms with Crippen molar-refractivity contribution in [1.29, 1.82) is 0 Å². The first-order chi connectivity index (χ1) is 6.88. The van der Waals surface area contributed by atoms with Crippen molar-refractivity contribution < 1.29 is 9.90 Å². The Kier molecular flexibility index (Phi) is 6.24. The van der Waals surface area contributed by atoms with Gasteiger partial charge in [0.15, 0.2) is 0 Å². The molecule has 0 saturated heterocycles. The molecule has 0 spiro atoms. The molecule has 2 unspecified atom stereocenters. The van der Waals surface area contributed by atoms with Crippen LogP contribution < -0.4 is 10.6 Å². The van der Waals surface area contributed by atoms with Gasteiger partial charge >= 0.3 is 0 Å². The number of aliphatic hydroxyl groups is 1. The molecule has 4 nitrogen and oxygen atoms in total. The number of aliphatic hydroxyl groups excluding tert-OH is 1. The lowest BCUT2D eigenvalue weighted by Gasteiger charge is -2.28. The van der Waals surface area contributed by atoms with Gasteiger partial charge in [0.25, 0.3) is 0 Å². The van der Waals surface area contributed by atoms with Crippen molar-refractivity contribution in [3.63, 3.8) is 0 Å². The van der Waals surface area contributed by atoms with Gasteiger partial charge in [0.1, 0.15) is 0 Å². The van der Waals surface area contributed by atoms with Gasteiger partial charge in [-0.1, -0.05) is 0 Å². The second-order valence-corrected chi connectivity index (χ2v) is 5.17. The van der Waals surface area contributed by atoms with E-state index >= 15 is 0 Å². The smallest absolute Gasteiger partial charge is 0.239 e. The van der Waals surface area contributed by atoms with Gasteiger partial charge in [0, 0.05) is 11.3 Å². The van der Waals surface area contributed by atoms with Gasteiger partial charge < -0.3 is 15.7 Å². The van der Waals surface area contributed by atoms with Crippen LogP contribution in [0.4, 0.5) is 0 Å². The van der Waals surface area contributed by atoms with Crippen LogP contribution in [-0.4, -0.2) is 47.8 Å². The maximum absolute atomic E-state index is 11.8. The van der Waals surface area contributed by atoms with Crippen molar-refractivity contribution in [3.05, 3.63) is 0 Å². The van der Waals surface area contributed by atoms with E-state index in [1.807, 2.05) is 27.0 Å². The lowest BCUT2D eigenvalue weighted by atomic mass is 10.0. The van der Waals surface area contributed by atoms with E-state index in [-0.39, 0.29) is 23.8 Å². The van der Waals surface area contributed by atoms with Crippen LogP contribution in [0.15, 0.2) is 0 Å². The average molecular weight is 234 g/mol. The van der Waals surface area contributed by atoms with E-state index in [1.54, 1.807) is 18.8 Å². The predicted octanol–water partition coefficient (Wildman–Crippen LogP) is 0.213. The summed E-state index contributed by atoms with van der Waals surface area (Å²) in [6.45, 7) is 5.62. The van der Waals surface area contributed by atoms with Crippen LogP contribution in [0.5, 0.6) is 0 Å². The van der Waals surface area contributed by atoms with Crippen LogP contribution in [-0.2, 0) is 4.79 Å². The SMILES string of the molecule is CNC(C)(C)C(=O)NC(C)C(CO)SC. The number of hydrogen-bond acceptors (Lipinski definition) is 4. The van der Waals surface area contributed by atoms with Crippen LogP contribution in [0.3, 0.4) is 0 Å². The molecule has 0 saturated carbocycles. The summed E-state index contributed by atoms with van der Waals surface area (Å²) in [4.78, 5) is 11.8. The Morgan fingerprint density at radius 2 is 2.07 bits per heavy atom. The maximum atomic E-state index is 11.8. The summed E-state index contributed by atoms with van der Waals surface area (Å²) in [6.07, 6.45) is 1.92. The number of carbonyl (C=O) groups is 1. The van der Waals surface area contributed by atoms with Crippen LogP contribution in [0.1, 0.15) is 20.8 Å². The van der Waals surface area contributed by atoms with Crippen molar-refractivity contribution in [2.45, 2.75) is 37.6 Å². The van der Waals surface area contributed by atoms with E-state index in [0.29, 0.717) is 0 Å². The minimum absolute atomic E-state index is 0.0369. The van der Waals surface area contributed by atoms with Crippen molar-refractivity contribution in [3.8, 4) is 0 Å². The largest absolute Gasteiger partial charge is 0.395 e. The van der Waals surface area contributed by atoms with Crippen LogP contribution in [0.2, 0.25) is 0 Å². The maximum Gasteiger partial charge on any atom is 0.239 e. The second-order valence-electron chi connectivity index (χ2n) is 4.09. The monoisotopic (exact) mass is 234 g/mol. The first-order valence-electron chi connectivity index (χ1n) is 5.02. The molecular formula is C10H22N2O2S. The zero-order valence-electron chi connectivity index (χ0n) is 10.1. The fourth-order valence-electron chi connectivity index (χ4n) is 1.03. The van der Waals surface area contributed by atoms with Crippen molar-refractivity contribution in [1.82, 2.24) is 10.6 Å². The first-order valence-corrected chi connectivity index (χ1v) is 6.31. The zero-order valence-corrected chi connectivity index (χ0v) is 10.9. The lowest BCUT2D eigenvalue weighted by molar-refractivity contribution is -0.126. The third-order valence-electron chi connectivity index (χ3n) is 2.59. The summed E-state index contributed by atoms with van der Waals surface area (Å²) in [6, 6.07) is -0.0369. The van der Waals surface area contributed by atoms with Gasteiger partial charge in [-0.2, -0.15) is 11.8 Å². The summed E-state index contributed by atoms with van der Waals surface area (Å²) >= 11 is 1.55. The van der Waals surface area contributed by atoms with Gasteiger partial charge in [0.05, 0.1) is 12.1 Å². The Bertz CT molecular complexity index is 206. The summed E-state index contributed by atoms with van der Waals surface area (Å²) in [5, 5.41) is 15.0. The van der Waals surface area contributed by atoms with Crippen molar-refractivity contribution >= 4 is 17.7 Å². The molecule has 0 aliphatic carbocycles. The molecule has 0 rings (SSSR count). The zero-order chi connectivity index (χ0) is 12.1. The quantitative estimate of drug-likeness (QED) is 0.615. The highest BCUT2D eigenvalue weighted by molar-refractivity contribution is 7.99. The molecule has 0 aromatic carbocycles. The van der Waals surface area contributed by atoms with E-state index in [4.69, 9.17) is 5.11 Å². The molecule has 90 valence electrons. The highest BCUT2D eigenvalue weighted by Gasteiger charge is 2.28. The second kappa shape index (κ2) is 6.35. The number of thioether (sulfide) groups is 1. The van der Waals surface area contributed by atoms with Crippen LogP contribution >= 0.6 is 11.8 Å². The molecule has 0 aliphatic rings. The van der Waals surface area contributed by atoms with E-state index in [0.717, 1.165) is 0 Å². The van der Waals surface area contributed by atoms with Gasteiger partial charge in [-0.25, -0.2) is 0 Å². The molecule has 0 bridgehead atoms. The van der Waals surface area contributed by atoms with Gasteiger partial charge in [-0.3, -0.25) is 4.79 Å². The molecule has 0 aromatic heterocycles. The molecule has 0 fully saturated rings. The molecule has 0 radical (unpaired) electrons. The molecule has 15 heavy (non-hydrogen) atoms. The highest BCUT2D eigenvalue weighted by atomic mass is 32.2. The number of likely N-dealkylation sites (N-methyl/N-ethyl adjacent to an activating group) is 1.